The molecule has 1 atom stereocenters. The van der Waals surface area contributed by atoms with E-state index in [4.69, 9.17) is 14.2 Å². The van der Waals surface area contributed by atoms with E-state index in [0.29, 0.717) is 38.3 Å². The van der Waals surface area contributed by atoms with E-state index in [-0.39, 0.29) is 24.3 Å². The van der Waals surface area contributed by atoms with Gasteiger partial charge in [-0.2, -0.15) is 0 Å². The Balaban J connectivity index is 1.69. The summed E-state index contributed by atoms with van der Waals surface area (Å²) < 4.78 is 17.0. The van der Waals surface area contributed by atoms with Crippen molar-refractivity contribution in [2.24, 2.45) is 0 Å². The van der Waals surface area contributed by atoms with Gasteiger partial charge in [0, 0.05) is 31.4 Å². The van der Waals surface area contributed by atoms with Crippen LogP contribution in [0, 0.1) is 0 Å². The predicted molar refractivity (Wildman–Crippen MR) is 132 cm³/mol. The number of hydrogen-bond donors (Lipinski definition) is 0. The molecule has 1 unspecified atom stereocenters. The largest absolute Gasteiger partial charge is 0.489 e. The number of ether oxygens (including phenoxy) is 3. The van der Waals surface area contributed by atoms with Crippen LogP contribution < -0.4 is 4.74 Å². The number of carbonyl (C=O) groups is 2. The van der Waals surface area contributed by atoms with Crippen molar-refractivity contribution in [3.63, 3.8) is 0 Å². The second-order valence-electron chi connectivity index (χ2n) is 9.63. The maximum Gasteiger partial charge on any atom is 0.308 e. The van der Waals surface area contributed by atoms with Crippen molar-refractivity contribution in [1.29, 1.82) is 0 Å². The van der Waals surface area contributed by atoms with Gasteiger partial charge in [-0.25, -0.2) is 0 Å². The number of nitrogens with zero attached hydrogens (tertiary/aromatic N) is 1. The SMILES string of the molecule is CCOCCCC(CC(=O)OC(C)(C)C)N1CCc2cc(OCc3ccccc3)ccc2C1=O. The molecule has 0 aliphatic carbocycles. The fraction of sp³-hybridized carbons (Fsp3) is 0.500. The van der Waals surface area contributed by atoms with Gasteiger partial charge in [0.1, 0.15) is 18.0 Å². The van der Waals surface area contributed by atoms with Gasteiger partial charge in [0.25, 0.3) is 5.91 Å². The van der Waals surface area contributed by atoms with E-state index in [0.717, 1.165) is 29.7 Å². The summed E-state index contributed by atoms with van der Waals surface area (Å²) in [6.07, 6.45) is 2.38. The third kappa shape index (κ3) is 7.59. The summed E-state index contributed by atoms with van der Waals surface area (Å²) in [5.74, 6) is 0.434. The van der Waals surface area contributed by atoms with Crippen molar-refractivity contribution < 1.29 is 23.8 Å². The van der Waals surface area contributed by atoms with E-state index in [1.807, 2.05) is 81.1 Å². The average molecular weight is 468 g/mol. The highest BCUT2D eigenvalue weighted by Crippen LogP contribution is 2.28. The van der Waals surface area contributed by atoms with Gasteiger partial charge in [0.05, 0.1) is 6.42 Å². The number of amides is 1. The van der Waals surface area contributed by atoms with E-state index < -0.39 is 5.60 Å². The number of fused-ring (bicyclic) bond motifs is 1. The third-order valence-corrected chi connectivity index (χ3v) is 5.73. The minimum absolute atomic E-state index is 0.0409. The average Bonchev–Trinajstić information content (AvgIpc) is 2.79. The van der Waals surface area contributed by atoms with Gasteiger partial charge >= 0.3 is 5.97 Å². The lowest BCUT2D eigenvalue weighted by Crippen LogP contribution is -2.46. The summed E-state index contributed by atoms with van der Waals surface area (Å²) in [7, 11) is 0. The van der Waals surface area contributed by atoms with E-state index in [2.05, 4.69) is 0 Å². The van der Waals surface area contributed by atoms with E-state index in [9.17, 15) is 9.59 Å². The fourth-order valence-corrected chi connectivity index (χ4v) is 4.17. The van der Waals surface area contributed by atoms with E-state index in [1.54, 1.807) is 0 Å². The molecule has 0 radical (unpaired) electrons. The lowest BCUT2D eigenvalue weighted by molar-refractivity contribution is -0.156. The maximum absolute atomic E-state index is 13.4. The van der Waals surface area contributed by atoms with Crippen molar-refractivity contribution in [1.82, 2.24) is 4.90 Å². The molecule has 6 heteroatoms. The molecule has 1 aliphatic rings. The summed E-state index contributed by atoms with van der Waals surface area (Å²) in [6, 6.07) is 15.4. The maximum atomic E-state index is 13.4. The molecule has 0 bridgehead atoms. The molecular weight excluding hydrogens is 430 g/mol. The van der Waals surface area contributed by atoms with Gasteiger partial charge in [0.15, 0.2) is 0 Å². The molecule has 1 heterocycles. The summed E-state index contributed by atoms with van der Waals surface area (Å²) >= 11 is 0. The smallest absolute Gasteiger partial charge is 0.308 e. The van der Waals surface area contributed by atoms with Crippen molar-refractivity contribution in [2.45, 2.75) is 71.6 Å². The van der Waals surface area contributed by atoms with Crippen molar-refractivity contribution in [3.05, 3.63) is 65.2 Å². The zero-order valence-electron chi connectivity index (χ0n) is 20.8. The summed E-state index contributed by atoms with van der Waals surface area (Å²) in [6.45, 7) is 9.84. The molecule has 6 nitrogen and oxygen atoms in total. The minimum atomic E-state index is -0.554. The zero-order valence-corrected chi connectivity index (χ0v) is 20.8. The molecule has 34 heavy (non-hydrogen) atoms. The number of benzene rings is 2. The molecule has 184 valence electrons. The second-order valence-corrected chi connectivity index (χ2v) is 9.63. The van der Waals surface area contributed by atoms with Crippen LogP contribution in [0.1, 0.15) is 68.4 Å². The molecule has 0 fully saturated rings. The number of carbonyl (C=O) groups excluding carboxylic acids is 2. The first-order valence-electron chi connectivity index (χ1n) is 12.2. The van der Waals surface area contributed by atoms with Gasteiger partial charge in [-0.05, 0) is 76.3 Å². The monoisotopic (exact) mass is 467 g/mol. The molecule has 2 aromatic carbocycles. The van der Waals surface area contributed by atoms with Crippen LogP contribution in [0.2, 0.25) is 0 Å². The molecule has 2 aromatic rings. The van der Waals surface area contributed by atoms with Crippen LogP contribution >= 0.6 is 0 Å². The van der Waals surface area contributed by atoms with Crippen molar-refractivity contribution in [2.75, 3.05) is 19.8 Å². The topological polar surface area (TPSA) is 65.1 Å². The molecule has 0 N–H and O–H groups in total. The Morgan fingerprint density at radius 2 is 1.88 bits per heavy atom. The summed E-state index contributed by atoms with van der Waals surface area (Å²) in [5.41, 5.74) is 2.20. The highest BCUT2D eigenvalue weighted by Gasteiger charge is 2.32. The Morgan fingerprint density at radius 1 is 1.12 bits per heavy atom. The zero-order chi connectivity index (χ0) is 24.6. The molecule has 1 amide bonds. The van der Waals surface area contributed by atoms with Crippen molar-refractivity contribution >= 4 is 11.9 Å². The Bertz CT molecular complexity index is 951. The summed E-state index contributed by atoms with van der Waals surface area (Å²) in [5, 5.41) is 0. The van der Waals surface area contributed by atoms with Crippen LogP contribution in [0.3, 0.4) is 0 Å². The standard InChI is InChI=1S/C28H37NO5/c1-5-32-17-9-12-23(19-26(30)34-28(2,3)4)29-16-15-22-18-24(13-14-25(22)27(29)31)33-20-21-10-7-6-8-11-21/h6-8,10-11,13-14,18,23H,5,9,12,15-17,19-20H2,1-4H3. The van der Waals surface area contributed by atoms with Gasteiger partial charge in [-0.3, -0.25) is 9.59 Å². The first kappa shape index (κ1) is 25.8. The van der Waals surface area contributed by atoms with Crippen LogP contribution in [0.25, 0.3) is 0 Å². The molecule has 3 rings (SSSR count). The minimum Gasteiger partial charge on any atom is -0.489 e. The van der Waals surface area contributed by atoms with Gasteiger partial charge < -0.3 is 19.1 Å². The van der Waals surface area contributed by atoms with Crippen LogP contribution in [-0.2, 0) is 27.3 Å². The molecule has 0 saturated carbocycles. The number of hydrogen-bond acceptors (Lipinski definition) is 5. The lowest BCUT2D eigenvalue weighted by Gasteiger charge is -2.36. The molecule has 1 aliphatic heterocycles. The Kier molecular flexibility index (Phi) is 9.11. The van der Waals surface area contributed by atoms with Crippen molar-refractivity contribution in [3.8, 4) is 5.75 Å². The van der Waals surface area contributed by atoms with E-state index >= 15 is 0 Å². The first-order valence-corrected chi connectivity index (χ1v) is 12.2. The Hall–Kier alpha value is -2.86. The Morgan fingerprint density at radius 3 is 2.59 bits per heavy atom. The molecule has 0 spiro atoms. The van der Waals surface area contributed by atoms with Crippen LogP contribution in [-0.4, -0.2) is 48.2 Å². The van der Waals surface area contributed by atoms with Crippen LogP contribution in [0.5, 0.6) is 5.75 Å². The van der Waals surface area contributed by atoms with E-state index in [1.165, 1.54) is 0 Å². The summed E-state index contributed by atoms with van der Waals surface area (Å²) in [4.78, 5) is 27.8. The van der Waals surface area contributed by atoms with Gasteiger partial charge in [0.2, 0.25) is 0 Å². The first-order chi connectivity index (χ1) is 16.3. The predicted octanol–water partition coefficient (Wildman–Crippen LogP) is 5.18. The second kappa shape index (κ2) is 12.0. The molecule has 0 aromatic heterocycles. The normalized spacial score (nSPS) is 14.5. The lowest BCUT2D eigenvalue weighted by atomic mass is 9.95. The van der Waals surface area contributed by atoms with Crippen LogP contribution in [0.4, 0.5) is 0 Å². The quantitative estimate of drug-likeness (QED) is 0.336. The molecular formula is C28H37NO5. The number of esters is 1. The van der Waals surface area contributed by atoms with Gasteiger partial charge in [-0.15, -0.1) is 0 Å². The highest BCUT2D eigenvalue weighted by molar-refractivity contribution is 5.97. The number of rotatable bonds is 11. The Labute approximate surface area is 203 Å². The third-order valence-electron chi connectivity index (χ3n) is 5.73. The molecule has 0 saturated heterocycles. The highest BCUT2D eigenvalue weighted by atomic mass is 16.6. The fourth-order valence-electron chi connectivity index (χ4n) is 4.17. The van der Waals surface area contributed by atoms with Crippen LogP contribution in [0.15, 0.2) is 48.5 Å². The van der Waals surface area contributed by atoms with Gasteiger partial charge in [-0.1, -0.05) is 30.3 Å².